The molecular formula is C11H10O2. The van der Waals surface area contributed by atoms with Crippen LogP contribution in [0.4, 0.5) is 0 Å². The Morgan fingerprint density at radius 2 is 2.23 bits per heavy atom. The van der Waals surface area contributed by atoms with Gasteiger partial charge in [0.25, 0.3) is 0 Å². The van der Waals surface area contributed by atoms with Crippen LogP contribution in [0, 0.1) is 0 Å². The molecule has 1 aromatic carbocycles. The molecule has 0 saturated carbocycles. The predicted octanol–water partition coefficient (Wildman–Crippen LogP) is 2.13. The van der Waals surface area contributed by atoms with E-state index in [9.17, 15) is 4.79 Å². The van der Waals surface area contributed by atoms with Gasteiger partial charge in [0.05, 0.1) is 6.61 Å². The summed E-state index contributed by atoms with van der Waals surface area (Å²) in [5.41, 5.74) is 1.66. The second-order valence-electron chi connectivity index (χ2n) is 2.93. The lowest BCUT2D eigenvalue weighted by Crippen LogP contribution is -1.99. The van der Waals surface area contributed by atoms with Crippen LogP contribution < -0.4 is 0 Å². The Kier molecular flexibility index (Phi) is 2.23. The van der Waals surface area contributed by atoms with E-state index in [-0.39, 0.29) is 6.10 Å². The number of rotatable bonds is 2. The van der Waals surface area contributed by atoms with Gasteiger partial charge in [-0.1, -0.05) is 36.4 Å². The Bertz CT molecular complexity index is 342. The SMILES string of the molecule is O=Cc1ccccc1C1C=CCO1. The Morgan fingerprint density at radius 1 is 1.38 bits per heavy atom. The van der Waals surface area contributed by atoms with Gasteiger partial charge in [0, 0.05) is 5.56 Å². The fourth-order valence-corrected chi connectivity index (χ4v) is 1.46. The van der Waals surface area contributed by atoms with Crippen molar-refractivity contribution in [2.24, 2.45) is 0 Å². The molecule has 1 atom stereocenters. The van der Waals surface area contributed by atoms with Crippen LogP contribution in [0.2, 0.25) is 0 Å². The standard InChI is InChI=1S/C11H10O2/c12-8-9-4-1-2-5-10(9)11-6-3-7-13-11/h1-6,8,11H,7H2. The predicted molar refractivity (Wildman–Crippen MR) is 49.7 cm³/mol. The summed E-state index contributed by atoms with van der Waals surface area (Å²) in [4.78, 5) is 10.7. The molecule has 0 aromatic heterocycles. The molecule has 1 heterocycles. The Labute approximate surface area is 76.8 Å². The van der Waals surface area contributed by atoms with Gasteiger partial charge in [-0.15, -0.1) is 0 Å². The second kappa shape index (κ2) is 3.54. The van der Waals surface area contributed by atoms with Crippen LogP contribution in [0.15, 0.2) is 36.4 Å². The molecule has 0 saturated heterocycles. The molecule has 2 rings (SSSR count). The molecule has 0 radical (unpaired) electrons. The molecule has 1 aliphatic rings. The highest BCUT2D eigenvalue weighted by Gasteiger charge is 2.14. The van der Waals surface area contributed by atoms with Crippen molar-refractivity contribution in [2.75, 3.05) is 6.61 Å². The molecule has 1 unspecified atom stereocenters. The molecule has 2 heteroatoms. The molecule has 0 bridgehead atoms. The molecule has 0 N–H and O–H groups in total. The Morgan fingerprint density at radius 3 is 2.92 bits per heavy atom. The van der Waals surface area contributed by atoms with Crippen molar-refractivity contribution in [1.29, 1.82) is 0 Å². The lowest BCUT2D eigenvalue weighted by Gasteiger charge is -2.10. The van der Waals surface area contributed by atoms with Crippen molar-refractivity contribution >= 4 is 6.29 Å². The third-order valence-electron chi connectivity index (χ3n) is 2.11. The Balaban J connectivity index is 2.37. The molecule has 1 aromatic rings. The molecule has 66 valence electrons. The third kappa shape index (κ3) is 1.53. The number of benzene rings is 1. The average molecular weight is 174 g/mol. The van der Waals surface area contributed by atoms with Crippen molar-refractivity contribution in [2.45, 2.75) is 6.10 Å². The van der Waals surface area contributed by atoms with Crippen LogP contribution in [-0.2, 0) is 4.74 Å². The minimum Gasteiger partial charge on any atom is -0.365 e. The number of aldehydes is 1. The molecule has 2 nitrogen and oxygen atoms in total. The smallest absolute Gasteiger partial charge is 0.150 e. The highest BCUT2D eigenvalue weighted by molar-refractivity contribution is 5.77. The van der Waals surface area contributed by atoms with Gasteiger partial charge < -0.3 is 4.74 Å². The summed E-state index contributed by atoms with van der Waals surface area (Å²) in [5.74, 6) is 0. The summed E-state index contributed by atoms with van der Waals surface area (Å²) in [5, 5.41) is 0. The van der Waals surface area contributed by atoms with E-state index < -0.39 is 0 Å². The van der Waals surface area contributed by atoms with Gasteiger partial charge in [0.1, 0.15) is 12.4 Å². The van der Waals surface area contributed by atoms with Gasteiger partial charge in [0.2, 0.25) is 0 Å². The molecule has 13 heavy (non-hydrogen) atoms. The van der Waals surface area contributed by atoms with Gasteiger partial charge in [-0.2, -0.15) is 0 Å². The molecular weight excluding hydrogens is 164 g/mol. The zero-order chi connectivity index (χ0) is 9.10. The van der Waals surface area contributed by atoms with Gasteiger partial charge in [0.15, 0.2) is 0 Å². The van der Waals surface area contributed by atoms with Crippen LogP contribution in [0.3, 0.4) is 0 Å². The Hall–Kier alpha value is -1.41. The van der Waals surface area contributed by atoms with E-state index in [1.165, 1.54) is 0 Å². The normalized spacial score (nSPS) is 20.5. The average Bonchev–Trinajstić information content (AvgIpc) is 2.70. The summed E-state index contributed by atoms with van der Waals surface area (Å²) in [7, 11) is 0. The largest absolute Gasteiger partial charge is 0.365 e. The zero-order valence-corrected chi connectivity index (χ0v) is 7.14. The number of carbonyl (C=O) groups excluding carboxylic acids is 1. The fourth-order valence-electron chi connectivity index (χ4n) is 1.46. The van der Waals surface area contributed by atoms with E-state index in [2.05, 4.69) is 0 Å². The summed E-state index contributed by atoms with van der Waals surface area (Å²) >= 11 is 0. The van der Waals surface area contributed by atoms with Crippen molar-refractivity contribution in [3.63, 3.8) is 0 Å². The molecule has 1 aliphatic heterocycles. The molecule has 0 spiro atoms. The first-order valence-corrected chi connectivity index (χ1v) is 4.24. The van der Waals surface area contributed by atoms with Gasteiger partial charge in [-0.3, -0.25) is 4.79 Å². The number of ether oxygens (including phenoxy) is 1. The van der Waals surface area contributed by atoms with Gasteiger partial charge in [-0.25, -0.2) is 0 Å². The van der Waals surface area contributed by atoms with Crippen LogP contribution in [0.1, 0.15) is 22.0 Å². The lowest BCUT2D eigenvalue weighted by molar-refractivity contribution is 0.110. The van der Waals surface area contributed by atoms with E-state index in [1.54, 1.807) is 6.07 Å². The van der Waals surface area contributed by atoms with Crippen molar-refractivity contribution < 1.29 is 9.53 Å². The summed E-state index contributed by atoms with van der Waals surface area (Å²) < 4.78 is 5.41. The van der Waals surface area contributed by atoms with Crippen molar-refractivity contribution in [1.82, 2.24) is 0 Å². The topological polar surface area (TPSA) is 26.3 Å². The maximum Gasteiger partial charge on any atom is 0.150 e. The van der Waals surface area contributed by atoms with E-state index >= 15 is 0 Å². The van der Waals surface area contributed by atoms with Crippen LogP contribution in [0.5, 0.6) is 0 Å². The van der Waals surface area contributed by atoms with Gasteiger partial charge in [-0.05, 0) is 5.56 Å². The van der Waals surface area contributed by atoms with Gasteiger partial charge >= 0.3 is 0 Å². The number of hydrogen-bond acceptors (Lipinski definition) is 2. The van der Waals surface area contributed by atoms with E-state index in [1.807, 2.05) is 30.4 Å². The van der Waals surface area contributed by atoms with E-state index in [0.29, 0.717) is 12.2 Å². The molecule has 0 aliphatic carbocycles. The summed E-state index contributed by atoms with van der Waals surface area (Å²) in [6, 6.07) is 7.49. The molecule has 0 fully saturated rings. The zero-order valence-electron chi connectivity index (χ0n) is 7.14. The monoisotopic (exact) mass is 174 g/mol. The summed E-state index contributed by atoms with van der Waals surface area (Å²) in [6.07, 6.45) is 4.76. The number of hydrogen-bond donors (Lipinski definition) is 0. The fraction of sp³-hybridized carbons (Fsp3) is 0.182. The first kappa shape index (κ1) is 8.20. The first-order chi connectivity index (χ1) is 6.42. The third-order valence-corrected chi connectivity index (χ3v) is 2.11. The maximum atomic E-state index is 10.7. The highest BCUT2D eigenvalue weighted by atomic mass is 16.5. The van der Waals surface area contributed by atoms with Crippen molar-refractivity contribution in [3.8, 4) is 0 Å². The highest BCUT2D eigenvalue weighted by Crippen LogP contribution is 2.24. The van der Waals surface area contributed by atoms with E-state index in [4.69, 9.17) is 4.74 Å². The van der Waals surface area contributed by atoms with Crippen molar-refractivity contribution in [3.05, 3.63) is 47.5 Å². The minimum absolute atomic E-state index is 0.0404. The van der Waals surface area contributed by atoms with Crippen LogP contribution in [0.25, 0.3) is 0 Å². The second-order valence-corrected chi connectivity index (χ2v) is 2.93. The molecule has 0 amide bonds. The maximum absolute atomic E-state index is 10.7. The lowest BCUT2D eigenvalue weighted by atomic mass is 10.0. The first-order valence-electron chi connectivity index (χ1n) is 4.24. The minimum atomic E-state index is -0.0404. The van der Waals surface area contributed by atoms with Crippen LogP contribution in [-0.4, -0.2) is 12.9 Å². The van der Waals surface area contributed by atoms with E-state index in [0.717, 1.165) is 11.8 Å². The number of carbonyl (C=O) groups is 1. The van der Waals surface area contributed by atoms with Crippen LogP contribution >= 0.6 is 0 Å². The quantitative estimate of drug-likeness (QED) is 0.507. The summed E-state index contributed by atoms with van der Waals surface area (Å²) in [6.45, 7) is 0.637.